The van der Waals surface area contributed by atoms with Crippen molar-refractivity contribution in [3.8, 4) is 0 Å². The molecule has 2 saturated heterocycles. The first kappa shape index (κ1) is 17.3. The summed E-state index contributed by atoms with van der Waals surface area (Å²) in [7, 11) is 2.33. The molecule has 3 atom stereocenters. The van der Waals surface area contributed by atoms with Crippen LogP contribution in [-0.2, 0) is 0 Å². The van der Waals surface area contributed by atoms with E-state index < -0.39 is 0 Å². The predicted octanol–water partition coefficient (Wildman–Crippen LogP) is 4.40. The molecule has 21 heavy (non-hydrogen) atoms. The van der Waals surface area contributed by atoms with Gasteiger partial charge in [-0.2, -0.15) is 0 Å². The number of fused-ring (bicyclic) bond motifs is 1. The van der Waals surface area contributed by atoms with Crippen molar-refractivity contribution >= 4 is 0 Å². The average Bonchev–Trinajstić information content (AvgIpc) is 3.42. The van der Waals surface area contributed by atoms with E-state index in [1.54, 1.807) is 0 Å². The molecule has 2 aliphatic heterocycles. The highest BCUT2D eigenvalue weighted by Crippen LogP contribution is 2.60. The van der Waals surface area contributed by atoms with Gasteiger partial charge in [0.15, 0.2) is 0 Å². The summed E-state index contributed by atoms with van der Waals surface area (Å²) in [6, 6.07) is 1.75. The number of hydrogen-bond donors (Lipinski definition) is 0. The molecule has 0 aromatic carbocycles. The second-order valence-corrected chi connectivity index (χ2v) is 7.58. The first-order valence-electron chi connectivity index (χ1n) is 9.57. The number of piperidine rings is 2. The Morgan fingerprint density at radius 1 is 0.905 bits per heavy atom. The molecule has 2 heteroatoms. The number of nitrogens with zero attached hydrogens (tertiary/aromatic N) is 2. The normalized spacial score (nSPS) is 39.7. The van der Waals surface area contributed by atoms with E-state index >= 15 is 0 Å². The maximum absolute atomic E-state index is 2.79. The van der Waals surface area contributed by atoms with Crippen LogP contribution in [0, 0.1) is 10.8 Å². The molecule has 2 saturated carbocycles. The van der Waals surface area contributed by atoms with Gasteiger partial charge in [-0.3, -0.25) is 0 Å². The Balaban J connectivity index is 0.000000374. The van der Waals surface area contributed by atoms with Crippen LogP contribution in [-0.4, -0.2) is 48.6 Å². The summed E-state index contributed by atoms with van der Waals surface area (Å²) >= 11 is 0. The summed E-state index contributed by atoms with van der Waals surface area (Å²) in [5.41, 5.74) is 1.55. The maximum Gasteiger partial charge on any atom is 0.0171 e. The Morgan fingerprint density at radius 2 is 1.48 bits per heavy atom. The lowest BCUT2D eigenvalue weighted by atomic mass is 9.92. The fourth-order valence-electron chi connectivity index (χ4n) is 4.70. The van der Waals surface area contributed by atoms with Crippen LogP contribution in [0.3, 0.4) is 0 Å². The minimum Gasteiger partial charge on any atom is -0.303 e. The van der Waals surface area contributed by atoms with Crippen molar-refractivity contribution in [3.63, 3.8) is 0 Å². The van der Waals surface area contributed by atoms with Gasteiger partial charge in [0, 0.05) is 24.0 Å². The van der Waals surface area contributed by atoms with Gasteiger partial charge in [0.05, 0.1) is 0 Å². The first-order chi connectivity index (χ1) is 10.1. The van der Waals surface area contributed by atoms with E-state index in [0.29, 0.717) is 5.41 Å². The molecule has 4 fully saturated rings. The smallest absolute Gasteiger partial charge is 0.0171 e. The molecular formula is C19H38N2. The molecule has 0 aromatic rings. The van der Waals surface area contributed by atoms with Crippen molar-refractivity contribution in [2.45, 2.75) is 85.2 Å². The Hall–Kier alpha value is -0.0800. The van der Waals surface area contributed by atoms with Crippen LogP contribution in [0.15, 0.2) is 0 Å². The lowest BCUT2D eigenvalue weighted by Gasteiger charge is -2.34. The SMILES string of the molecule is CC.CC.CC1CC2(CN3CCC4(CC3)CC4)CC2N1C. The summed E-state index contributed by atoms with van der Waals surface area (Å²) in [6.07, 6.45) is 9.01. The first-order valence-corrected chi connectivity index (χ1v) is 9.57. The molecular weight excluding hydrogens is 256 g/mol. The molecule has 2 aliphatic carbocycles. The zero-order chi connectivity index (χ0) is 15.7. The second-order valence-electron chi connectivity index (χ2n) is 7.58. The molecule has 124 valence electrons. The number of hydrogen-bond acceptors (Lipinski definition) is 2. The van der Waals surface area contributed by atoms with Gasteiger partial charge in [-0.25, -0.2) is 0 Å². The highest BCUT2D eigenvalue weighted by molar-refractivity contribution is 5.16. The third-order valence-corrected chi connectivity index (χ3v) is 6.45. The van der Waals surface area contributed by atoms with Crippen LogP contribution < -0.4 is 0 Å². The van der Waals surface area contributed by atoms with Crippen LogP contribution in [0.5, 0.6) is 0 Å². The fourth-order valence-corrected chi connectivity index (χ4v) is 4.70. The minimum absolute atomic E-state index is 0.711. The minimum atomic E-state index is 0.711. The van der Waals surface area contributed by atoms with Gasteiger partial charge in [0.1, 0.15) is 0 Å². The highest BCUT2D eigenvalue weighted by Gasteiger charge is 2.62. The molecule has 4 aliphatic rings. The Morgan fingerprint density at radius 3 is 1.90 bits per heavy atom. The van der Waals surface area contributed by atoms with Gasteiger partial charge < -0.3 is 9.80 Å². The Bertz CT molecular complexity index is 326. The quantitative estimate of drug-likeness (QED) is 0.745. The number of rotatable bonds is 2. The summed E-state index contributed by atoms with van der Waals surface area (Å²) in [6.45, 7) is 14.6. The summed E-state index contributed by atoms with van der Waals surface area (Å²) in [5.74, 6) is 0. The van der Waals surface area contributed by atoms with Crippen LogP contribution in [0.1, 0.15) is 73.1 Å². The van der Waals surface area contributed by atoms with Gasteiger partial charge in [-0.05, 0) is 71.0 Å². The van der Waals surface area contributed by atoms with Gasteiger partial charge in [-0.15, -0.1) is 0 Å². The molecule has 0 N–H and O–H groups in total. The van der Waals surface area contributed by atoms with E-state index in [2.05, 4.69) is 23.8 Å². The van der Waals surface area contributed by atoms with Gasteiger partial charge in [-0.1, -0.05) is 27.7 Å². The van der Waals surface area contributed by atoms with Crippen molar-refractivity contribution < 1.29 is 0 Å². The summed E-state index contributed by atoms with van der Waals surface area (Å²) < 4.78 is 0. The zero-order valence-electron chi connectivity index (χ0n) is 15.4. The molecule has 0 radical (unpaired) electrons. The lowest BCUT2D eigenvalue weighted by Crippen LogP contribution is -2.38. The standard InChI is InChI=1S/C15H26N2.2C2H6/c1-12-9-15(10-13(15)16(12)2)11-17-7-5-14(3-4-14)6-8-17;2*1-2/h12-13H,3-11H2,1-2H3;2*1-2H3. The third-order valence-electron chi connectivity index (χ3n) is 6.45. The van der Waals surface area contributed by atoms with Crippen LogP contribution in [0.4, 0.5) is 0 Å². The van der Waals surface area contributed by atoms with Crippen molar-refractivity contribution in [2.75, 3.05) is 26.7 Å². The van der Waals surface area contributed by atoms with Gasteiger partial charge in [0.25, 0.3) is 0 Å². The summed E-state index contributed by atoms with van der Waals surface area (Å²) in [5, 5.41) is 0. The second kappa shape index (κ2) is 6.58. The third kappa shape index (κ3) is 3.32. The number of likely N-dealkylation sites (tertiary alicyclic amines) is 2. The molecule has 0 amide bonds. The van der Waals surface area contributed by atoms with Crippen molar-refractivity contribution in [1.82, 2.24) is 9.80 Å². The molecule has 2 heterocycles. The van der Waals surface area contributed by atoms with Crippen molar-refractivity contribution in [3.05, 3.63) is 0 Å². The molecule has 2 nitrogen and oxygen atoms in total. The zero-order valence-corrected chi connectivity index (χ0v) is 15.4. The summed E-state index contributed by atoms with van der Waals surface area (Å²) in [4.78, 5) is 5.42. The van der Waals surface area contributed by atoms with Crippen molar-refractivity contribution in [2.24, 2.45) is 10.8 Å². The van der Waals surface area contributed by atoms with Crippen LogP contribution in [0.2, 0.25) is 0 Å². The van der Waals surface area contributed by atoms with Crippen LogP contribution in [0.25, 0.3) is 0 Å². The van der Waals surface area contributed by atoms with E-state index in [1.807, 2.05) is 27.7 Å². The Labute approximate surface area is 133 Å². The van der Waals surface area contributed by atoms with E-state index in [9.17, 15) is 0 Å². The molecule has 0 aromatic heterocycles. The van der Waals surface area contributed by atoms with Crippen LogP contribution >= 0.6 is 0 Å². The lowest BCUT2D eigenvalue weighted by molar-refractivity contribution is 0.143. The van der Waals surface area contributed by atoms with Gasteiger partial charge in [0.2, 0.25) is 0 Å². The molecule has 0 bridgehead atoms. The van der Waals surface area contributed by atoms with E-state index in [4.69, 9.17) is 0 Å². The highest BCUT2D eigenvalue weighted by atomic mass is 15.3. The van der Waals surface area contributed by atoms with E-state index in [1.165, 1.54) is 58.2 Å². The monoisotopic (exact) mass is 294 g/mol. The average molecular weight is 295 g/mol. The molecule has 1 spiro atoms. The topological polar surface area (TPSA) is 6.48 Å². The Kier molecular flexibility index (Phi) is 5.41. The molecule has 4 rings (SSSR count). The molecule has 3 unspecified atom stereocenters. The maximum atomic E-state index is 2.79. The predicted molar refractivity (Wildman–Crippen MR) is 92.7 cm³/mol. The largest absolute Gasteiger partial charge is 0.303 e. The van der Waals surface area contributed by atoms with Gasteiger partial charge >= 0.3 is 0 Å². The van der Waals surface area contributed by atoms with E-state index in [-0.39, 0.29) is 0 Å². The van der Waals surface area contributed by atoms with E-state index in [0.717, 1.165) is 17.5 Å². The van der Waals surface area contributed by atoms with Crippen molar-refractivity contribution in [1.29, 1.82) is 0 Å². The fraction of sp³-hybridized carbons (Fsp3) is 1.00.